The summed E-state index contributed by atoms with van der Waals surface area (Å²) in [6.45, 7) is 3.54. The molecule has 2 aromatic rings. The number of nitrogens with zero attached hydrogens (tertiary/aromatic N) is 3. The van der Waals surface area contributed by atoms with Crippen LogP contribution in [0.25, 0.3) is 10.9 Å². The van der Waals surface area contributed by atoms with Crippen LogP contribution >= 0.6 is 0 Å². The molecule has 2 amide bonds. The summed E-state index contributed by atoms with van der Waals surface area (Å²) < 4.78 is 0. The predicted molar refractivity (Wildman–Crippen MR) is 87.1 cm³/mol. The zero-order valence-electron chi connectivity index (χ0n) is 12.5. The van der Waals surface area contributed by atoms with Gasteiger partial charge < -0.3 is 15.1 Å². The van der Waals surface area contributed by atoms with Crippen molar-refractivity contribution in [1.82, 2.24) is 15.2 Å². The lowest BCUT2D eigenvalue weighted by molar-refractivity contribution is 0.186. The molecule has 0 atom stereocenters. The van der Waals surface area contributed by atoms with Gasteiger partial charge in [-0.15, -0.1) is 0 Å². The number of amides is 2. The first-order valence-electron chi connectivity index (χ1n) is 7.96. The Labute approximate surface area is 129 Å². The maximum absolute atomic E-state index is 11.8. The van der Waals surface area contributed by atoms with E-state index >= 15 is 0 Å². The van der Waals surface area contributed by atoms with Crippen LogP contribution in [0, 0.1) is 0 Å². The number of fused-ring (bicyclic) bond motifs is 1. The van der Waals surface area contributed by atoms with Crippen molar-refractivity contribution in [1.29, 1.82) is 0 Å². The molecular weight excluding hydrogens is 276 g/mol. The minimum Gasteiger partial charge on any atom is -0.356 e. The fourth-order valence-corrected chi connectivity index (χ4v) is 3.47. The van der Waals surface area contributed by atoms with E-state index in [9.17, 15) is 4.79 Å². The maximum Gasteiger partial charge on any atom is 0.317 e. The van der Waals surface area contributed by atoms with Gasteiger partial charge in [-0.1, -0.05) is 18.2 Å². The summed E-state index contributed by atoms with van der Waals surface area (Å²) in [4.78, 5) is 20.9. The van der Waals surface area contributed by atoms with Gasteiger partial charge in [0, 0.05) is 37.6 Å². The van der Waals surface area contributed by atoms with Gasteiger partial charge in [-0.3, -0.25) is 0 Å². The third-order valence-electron chi connectivity index (χ3n) is 4.70. The van der Waals surface area contributed by atoms with Crippen LogP contribution in [0.5, 0.6) is 0 Å². The zero-order chi connectivity index (χ0) is 14.9. The van der Waals surface area contributed by atoms with Gasteiger partial charge in [-0.05, 0) is 31.0 Å². The van der Waals surface area contributed by atoms with Crippen LogP contribution in [-0.4, -0.2) is 48.1 Å². The van der Waals surface area contributed by atoms with Crippen molar-refractivity contribution < 1.29 is 4.79 Å². The standard InChI is InChI=1S/C17H20N4O/c22-17-18-9-12-21(17)14-7-10-20(11-8-14)16-6-5-13-3-1-2-4-15(13)19-16/h1-6,14H,7-12H2,(H,18,22). The number of piperidine rings is 1. The lowest BCUT2D eigenvalue weighted by Crippen LogP contribution is -2.46. The van der Waals surface area contributed by atoms with E-state index in [0.717, 1.165) is 50.4 Å². The summed E-state index contributed by atoms with van der Waals surface area (Å²) in [6, 6.07) is 12.9. The van der Waals surface area contributed by atoms with Crippen LogP contribution in [0.3, 0.4) is 0 Å². The molecule has 0 spiro atoms. The second kappa shape index (κ2) is 5.48. The van der Waals surface area contributed by atoms with Crippen LogP contribution in [0.1, 0.15) is 12.8 Å². The van der Waals surface area contributed by atoms with E-state index in [1.54, 1.807) is 0 Å². The Morgan fingerprint density at radius 2 is 1.86 bits per heavy atom. The van der Waals surface area contributed by atoms with Gasteiger partial charge in [-0.2, -0.15) is 0 Å². The van der Waals surface area contributed by atoms with Gasteiger partial charge >= 0.3 is 6.03 Å². The summed E-state index contributed by atoms with van der Waals surface area (Å²) in [5.41, 5.74) is 1.04. The van der Waals surface area contributed by atoms with Gasteiger partial charge in [0.2, 0.25) is 0 Å². The molecule has 1 aromatic carbocycles. The highest BCUT2D eigenvalue weighted by atomic mass is 16.2. The Bertz CT molecular complexity index is 694. The number of hydrogen-bond acceptors (Lipinski definition) is 3. The van der Waals surface area contributed by atoms with Crippen molar-refractivity contribution in [2.75, 3.05) is 31.1 Å². The van der Waals surface area contributed by atoms with Crippen molar-refractivity contribution >= 4 is 22.8 Å². The fraction of sp³-hybridized carbons (Fsp3) is 0.412. The monoisotopic (exact) mass is 296 g/mol. The van der Waals surface area contributed by atoms with Crippen molar-refractivity contribution in [2.24, 2.45) is 0 Å². The van der Waals surface area contributed by atoms with Crippen LogP contribution in [0.2, 0.25) is 0 Å². The molecule has 0 radical (unpaired) electrons. The molecule has 4 rings (SSSR count). The molecule has 0 aliphatic carbocycles. The molecule has 2 fully saturated rings. The smallest absolute Gasteiger partial charge is 0.317 e. The zero-order valence-corrected chi connectivity index (χ0v) is 12.5. The third-order valence-corrected chi connectivity index (χ3v) is 4.70. The Kier molecular flexibility index (Phi) is 3.33. The van der Waals surface area contributed by atoms with E-state index in [4.69, 9.17) is 4.98 Å². The number of nitrogens with one attached hydrogen (secondary N) is 1. The highest BCUT2D eigenvalue weighted by Crippen LogP contribution is 2.24. The molecule has 3 heterocycles. The fourth-order valence-electron chi connectivity index (χ4n) is 3.47. The summed E-state index contributed by atoms with van der Waals surface area (Å²) in [5, 5.41) is 4.07. The molecule has 0 unspecified atom stereocenters. The van der Waals surface area contributed by atoms with Gasteiger partial charge in [0.1, 0.15) is 5.82 Å². The van der Waals surface area contributed by atoms with Crippen molar-refractivity contribution in [3.8, 4) is 0 Å². The van der Waals surface area contributed by atoms with Gasteiger partial charge in [0.15, 0.2) is 0 Å². The minimum atomic E-state index is 0.0993. The first kappa shape index (κ1) is 13.4. The number of benzene rings is 1. The number of hydrogen-bond donors (Lipinski definition) is 1. The number of anilines is 1. The second-order valence-corrected chi connectivity index (χ2v) is 6.01. The Balaban J connectivity index is 1.47. The maximum atomic E-state index is 11.8. The number of carbonyl (C=O) groups is 1. The minimum absolute atomic E-state index is 0.0993. The summed E-state index contributed by atoms with van der Waals surface area (Å²) >= 11 is 0. The molecule has 2 saturated heterocycles. The number of pyridine rings is 1. The second-order valence-electron chi connectivity index (χ2n) is 6.01. The quantitative estimate of drug-likeness (QED) is 0.924. The highest BCUT2D eigenvalue weighted by molar-refractivity contribution is 5.80. The molecular formula is C17H20N4O. The third kappa shape index (κ3) is 2.36. The van der Waals surface area contributed by atoms with E-state index < -0.39 is 0 Å². The number of para-hydroxylation sites is 1. The van der Waals surface area contributed by atoms with Gasteiger partial charge in [0.25, 0.3) is 0 Å². The first-order valence-corrected chi connectivity index (χ1v) is 7.96. The molecule has 5 heteroatoms. The molecule has 1 N–H and O–H groups in total. The van der Waals surface area contributed by atoms with E-state index in [1.165, 1.54) is 5.39 Å². The van der Waals surface area contributed by atoms with E-state index in [1.807, 2.05) is 17.0 Å². The van der Waals surface area contributed by atoms with Crippen LogP contribution in [-0.2, 0) is 0 Å². The molecule has 2 aliphatic rings. The Morgan fingerprint density at radius 1 is 1.05 bits per heavy atom. The highest BCUT2D eigenvalue weighted by Gasteiger charge is 2.30. The largest absolute Gasteiger partial charge is 0.356 e. The topological polar surface area (TPSA) is 48.5 Å². The normalized spacial score (nSPS) is 19.7. The molecule has 22 heavy (non-hydrogen) atoms. The number of carbonyl (C=O) groups excluding carboxylic acids is 1. The first-order chi connectivity index (χ1) is 10.8. The predicted octanol–water partition coefficient (Wildman–Crippen LogP) is 2.23. The lowest BCUT2D eigenvalue weighted by Gasteiger charge is -2.36. The van der Waals surface area contributed by atoms with Crippen LogP contribution < -0.4 is 10.2 Å². The van der Waals surface area contributed by atoms with Crippen molar-refractivity contribution in [3.05, 3.63) is 36.4 Å². The molecule has 0 saturated carbocycles. The molecule has 114 valence electrons. The molecule has 0 bridgehead atoms. The van der Waals surface area contributed by atoms with Crippen LogP contribution in [0.15, 0.2) is 36.4 Å². The molecule has 5 nitrogen and oxygen atoms in total. The number of aromatic nitrogens is 1. The van der Waals surface area contributed by atoms with Crippen molar-refractivity contribution in [3.63, 3.8) is 0 Å². The molecule has 2 aliphatic heterocycles. The Morgan fingerprint density at radius 3 is 2.64 bits per heavy atom. The average molecular weight is 296 g/mol. The van der Waals surface area contributed by atoms with E-state index in [0.29, 0.717) is 6.04 Å². The summed E-state index contributed by atoms with van der Waals surface area (Å²) in [7, 11) is 0. The molecule has 1 aromatic heterocycles. The number of urea groups is 1. The number of rotatable bonds is 2. The average Bonchev–Trinajstić information content (AvgIpc) is 3.01. The van der Waals surface area contributed by atoms with Gasteiger partial charge in [-0.25, -0.2) is 9.78 Å². The Hall–Kier alpha value is -2.30. The summed E-state index contributed by atoms with van der Waals surface area (Å²) in [6.07, 6.45) is 2.03. The lowest BCUT2D eigenvalue weighted by atomic mass is 10.0. The van der Waals surface area contributed by atoms with E-state index in [-0.39, 0.29) is 6.03 Å². The van der Waals surface area contributed by atoms with E-state index in [2.05, 4.69) is 34.5 Å². The van der Waals surface area contributed by atoms with Crippen molar-refractivity contribution in [2.45, 2.75) is 18.9 Å². The van der Waals surface area contributed by atoms with Crippen LogP contribution in [0.4, 0.5) is 10.6 Å². The van der Waals surface area contributed by atoms with Gasteiger partial charge in [0.05, 0.1) is 5.52 Å². The summed E-state index contributed by atoms with van der Waals surface area (Å²) in [5.74, 6) is 1.04. The SMILES string of the molecule is O=C1NCCN1C1CCN(c2ccc3ccccc3n2)CC1.